The van der Waals surface area contributed by atoms with Crippen molar-refractivity contribution >= 4 is 27.5 Å². The van der Waals surface area contributed by atoms with Gasteiger partial charge in [0.05, 0.1) is 11.4 Å². The Morgan fingerprint density at radius 2 is 1.96 bits per heavy atom. The molecular weight excluding hydrogens is 374 g/mol. The first-order chi connectivity index (χ1) is 12.4. The minimum absolute atomic E-state index is 0.131. The molecule has 1 aromatic carbocycles. The number of benzene rings is 1. The zero-order valence-corrected chi connectivity index (χ0v) is 16.1. The zero-order valence-electron chi connectivity index (χ0n) is 14.6. The van der Waals surface area contributed by atoms with Crippen molar-refractivity contribution in [1.82, 2.24) is 14.2 Å². The Kier molecular flexibility index (Phi) is 5.70. The average Bonchev–Trinajstić information content (AvgIpc) is 2.89. The monoisotopic (exact) mass is 395 g/mol. The van der Waals surface area contributed by atoms with Gasteiger partial charge in [0, 0.05) is 30.5 Å². The summed E-state index contributed by atoms with van der Waals surface area (Å²) in [6, 6.07) is 9.03. The summed E-state index contributed by atoms with van der Waals surface area (Å²) in [4.78, 5) is 12.7. The third-order valence-electron chi connectivity index (χ3n) is 4.64. The summed E-state index contributed by atoms with van der Waals surface area (Å²) in [6.45, 7) is 0.709. The molecule has 1 aliphatic rings. The molecular formula is C18H22ClN3O3S. The quantitative estimate of drug-likeness (QED) is 0.845. The van der Waals surface area contributed by atoms with Crippen LogP contribution in [0.1, 0.15) is 25.0 Å². The summed E-state index contributed by atoms with van der Waals surface area (Å²) in [5, 5.41) is 3.29. The number of hydrogen-bond acceptors (Lipinski definition) is 3. The molecule has 1 N–H and O–H groups in total. The van der Waals surface area contributed by atoms with Crippen molar-refractivity contribution in [3.05, 3.63) is 53.3 Å². The molecule has 26 heavy (non-hydrogen) atoms. The summed E-state index contributed by atoms with van der Waals surface area (Å²) >= 11 is 5.89. The van der Waals surface area contributed by atoms with Crippen LogP contribution in [0.5, 0.6) is 0 Å². The van der Waals surface area contributed by atoms with Crippen molar-refractivity contribution in [2.24, 2.45) is 7.05 Å². The van der Waals surface area contributed by atoms with Gasteiger partial charge < -0.3 is 9.88 Å². The maximum Gasteiger partial charge on any atom is 0.244 e. The van der Waals surface area contributed by atoms with Crippen LogP contribution in [0.25, 0.3) is 0 Å². The number of carbonyl (C=O) groups excluding carboxylic acids is 1. The second-order valence-electron chi connectivity index (χ2n) is 6.42. The van der Waals surface area contributed by atoms with Crippen LogP contribution in [0, 0.1) is 0 Å². The smallest absolute Gasteiger partial charge is 0.244 e. The summed E-state index contributed by atoms with van der Waals surface area (Å²) in [7, 11) is -2.00. The fourth-order valence-electron chi connectivity index (χ4n) is 3.12. The molecule has 8 heteroatoms. The van der Waals surface area contributed by atoms with Crippen LogP contribution < -0.4 is 5.32 Å². The number of aromatic nitrogens is 1. The van der Waals surface area contributed by atoms with Gasteiger partial charge in [-0.15, -0.1) is 0 Å². The Balaban J connectivity index is 2.02. The molecule has 6 nitrogen and oxygen atoms in total. The van der Waals surface area contributed by atoms with Gasteiger partial charge in [0.15, 0.2) is 0 Å². The first kappa shape index (κ1) is 18.9. The normalized spacial score (nSPS) is 18.6. The molecule has 1 fully saturated rings. The molecule has 0 aliphatic carbocycles. The van der Waals surface area contributed by atoms with E-state index in [9.17, 15) is 13.2 Å². The topological polar surface area (TPSA) is 71.4 Å². The van der Waals surface area contributed by atoms with E-state index in [-0.39, 0.29) is 17.3 Å². The van der Waals surface area contributed by atoms with Gasteiger partial charge in [0.1, 0.15) is 6.04 Å². The third-order valence-corrected chi connectivity index (χ3v) is 6.76. The lowest BCUT2D eigenvalue weighted by molar-refractivity contribution is -0.124. The van der Waals surface area contributed by atoms with E-state index in [4.69, 9.17) is 11.6 Å². The molecule has 1 aliphatic heterocycles. The van der Waals surface area contributed by atoms with Crippen molar-refractivity contribution in [1.29, 1.82) is 0 Å². The summed E-state index contributed by atoms with van der Waals surface area (Å²) in [6.07, 6.45) is 4.00. The third kappa shape index (κ3) is 3.95. The molecule has 1 unspecified atom stereocenters. The van der Waals surface area contributed by atoms with Crippen LogP contribution in [0.2, 0.25) is 5.02 Å². The van der Waals surface area contributed by atoms with E-state index < -0.39 is 16.1 Å². The molecule has 1 atom stereocenters. The Labute approximate surface area is 158 Å². The number of hydrogen-bond donors (Lipinski definition) is 1. The maximum absolute atomic E-state index is 13.3. The van der Waals surface area contributed by atoms with Gasteiger partial charge in [-0.1, -0.05) is 11.6 Å². The number of nitrogens with zero attached hydrogens (tertiary/aromatic N) is 2. The fourth-order valence-corrected chi connectivity index (χ4v) is 4.84. The van der Waals surface area contributed by atoms with Crippen molar-refractivity contribution in [2.45, 2.75) is 36.7 Å². The highest BCUT2D eigenvalue weighted by molar-refractivity contribution is 7.89. The second kappa shape index (κ2) is 7.82. The highest BCUT2D eigenvalue weighted by atomic mass is 35.5. The lowest BCUT2D eigenvalue weighted by Crippen LogP contribution is -2.48. The number of amides is 1. The minimum atomic E-state index is -3.86. The number of sulfonamides is 1. The van der Waals surface area contributed by atoms with E-state index in [0.29, 0.717) is 18.0 Å². The predicted molar refractivity (Wildman–Crippen MR) is 100 cm³/mol. The van der Waals surface area contributed by atoms with Crippen LogP contribution in [0.4, 0.5) is 0 Å². The van der Waals surface area contributed by atoms with E-state index in [2.05, 4.69) is 5.32 Å². The van der Waals surface area contributed by atoms with Gasteiger partial charge in [-0.05, 0) is 55.7 Å². The zero-order chi connectivity index (χ0) is 18.7. The van der Waals surface area contributed by atoms with Crippen molar-refractivity contribution < 1.29 is 13.2 Å². The molecule has 2 heterocycles. The Morgan fingerprint density at radius 1 is 1.23 bits per heavy atom. The number of rotatable bonds is 5. The van der Waals surface area contributed by atoms with Crippen LogP contribution in [-0.2, 0) is 28.4 Å². The van der Waals surface area contributed by atoms with Gasteiger partial charge >= 0.3 is 0 Å². The van der Waals surface area contributed by atoms with Gasteiger partial charge in [-0.25, -0.2) is 8.42 Å². The van der Waals surface area contributed by atoms with Crippen LogP contribution in [-0.4, -0.2) is 35.8 Å². The number of carbonyl (C=O) groups is 1. The Hall–Kier alpha value is -1.83. The summed E-state index contributed by atoms with van der Waals surface area (Å²) < 4.78 is 29.8. The largest absolute Gasteiger partial charge is 0.355 e. The summed E-state index contributed by atoms with van der Waals surface area (Å²) in [5.74, 6) is -0.241. The van der Waals surface area contributed by atoms with Gasteiger partial charge in [0.25, 0.3) is 0 Å². The highest BCUT2D eigenvalue weighted by Crippen LogP contribution is 2.25. The highest BCUT2D eigenvalue weighted by Gasteiger charge is 2.36. The van der Waals surface area contributed by atoms with Crippen molar-refractivity contribution in [3.63, 3.8) is 0 Å². The molecule has 3 rings (SSSR count). The molecule has 2 aromatic rings. The lowest BCUT2D eigenvalue weighted by Gasteiger charge is -2.29. The first-order valence-electron chi connectivity index (χ1n) is 8.55. The second-order valence-corrected chi connectivity index (χ2v) is 8.74. The number of aryl methyl sites for hydroxylation is 1. The van der Waals surface area contributed by atoms with Crippen LogP contribution in [0.15, 0.2) is 47.5 Å². The van der Waals surface area contributed by atoms with Crippen molar-refractivity contribution in [2.75, 3.05) is 6.54 Å². The molecule has 1 amide bonds. The fraction of sp³-hybridized carbons (Fsp3) is 0.389. The Bertz CT molecular complexity index is 877. The Morgan fingerprint density at radius 3 is 2.62 bits per heavy atom. The SMILES string of the molecule is Cn1cccc1CN(C1CCCCNC1=O)S(=O)(=O)c1ccc(Cl)cc1. The molecule has 1 saturated heterocycles. The van der Waals surface area contributed by atoms with Crippen LogP contribution in [0.3, 0.4) is 0 Å². The van der Waals surface area contributed by atoms with E-state index in [0.717, 1.165) is 18.5 Å². The molecule has 1 aromatic heterocycles. The average molecular weight is 396 g/mol. The van der Waals surface area contributed by atoms with Gasteiger partial charge in [-0.3, -0.25) is 4.79 Å². The van der Waals surface area contributed by atoms with E-state index >= 15 is 0 Å². The van der Waals surface area contributed by atoms with Crippen molar-refractivity contribution in [3.8, 4) is 0 Å². The molecule has 0 radical (unpaired) electrons. The molecule has 0 saturated carbocycles. The standard InChI is InChI=1S/C18H22ClN3O3S/c1-21-12-4-5-15(21)13-22(17-6-2-3-11-20-18(17)23)26(24,25)16-9-7-14(19)8-10-16/h4-5,7-10,12,17H,2-3,6,11,13H2,1H3,(H,20,23). The lowest BCUT2D eigenvalue weighted by atomic mass is 10.1. The minimum Gasteiger partial charge on any atom is -0.355 e. The maximum atomic E-state index is 13.3. The van der Waals surface area contributed by atoms with Gasteiger partial charge in [0.2, 0.25) is 15.9 Å². The number of halogens is 1. The summed E-state index contributed by atoms with van der Waals surface area (Å²) in [5.41, 5.74) is 0.819. The van der Waals surface area contributed by atoms with E-state index in [1.165, 1.54) is 16.4 Å². The molecule has 0 bridgehead atoms. The molecule has 140 valence electrons. The predicted octanol–water partition coefficient (Wildman–Crippen LogP) is 2.54. The van der Waals surface area contributed by atoms with Gasteiger partial charge in [-0.2, -0.15) is 4.31 Å². The van der Waals surface area contributed by atoms with Crippen LogP contribution >= 0.6 is 11.6 Å². The van der Waals surface area contributed by atoms with E-state index in [1.54, 1.807) is 12.1 Å². The first-order valence-corrected chi connectivity index (χ1v) is 10.4. The number of nitrogens with one attached hydrogen (secondary N) is 1. The van der Waals surface area contributed by atoms with E-state index in [1.807, 2.05) is 29.9 Å². The molecule has 0 spiro atoms.